The average Bonchev–Trinajstić information content (AvgIpc) is 2.52. The Balaban J connectivity index is 2.27. The summed E-state index contributed by atoms with van der Waals surface area (Å²) in [5.74, 6) is 0.121. The summed E-state index contributed by atoms with van der Waals surface area (Å²) in [6.07, 6.45) is 0. The van der Waals surface area contributed by atoms with Crippen LogP contribution in [-0.4, -0.2) is 17.1 Å². The Labute approximate surface area is 125 Å². The first-order chi connectivity index (χ1) is 10.1. The molecule has 0 aromatic heterocycles. The van der Waals surface area contributed by atoms with E-state index in [1.54, 1.807) is 0 Å². The molecule has 110 valence electrons. The molecule has 2 rings (SSSR count). The second kappa shape index (κ2) is 6.90. The first-order valence-electron chi connectivity index (χ1n) is 7.01. The second-order valence-corrected chi connectivity index (χ2v) is 5.26. The van der Waals surface area contributed by atoms with Crippen LogP contribution in [0.25, 0.3) is 11.1 Å². The number of nitrogens with zero attached hydrogens (tertiary/aromatic N) is 1. The van der Waals surface area contributed by atoms with Crippen LogP contribution in [0.1, 0.15) is 25.0 Å². The summed E-state index contributed by atoms with van der Waals surface area (Å²) in [5, 5.41) is 15.4. The third-order valence-corrected chi connectivity index (χ3v) is 3.29. The topological polar surface area (TPSA) is 70.6 Å². The van der Waals surface area contributed by atoms with Gasteiger partial charge in [-0.15, -0.1) is 0 Å². The summed E-state index contributed by atoms with van der Waals surface area (Å²) < 4.78 is 0. The van der Waals surface area contributed by atoms with Crippen molar-refractivity contribution in [2.75, 3.05) is 0 Å². The maximum Gasteiger partial charge on any atom is 0.170 e. The lowest BCUT2D eigenvalue weighted by Crippen LogP contribution is -2.21. The molecule has 0 fully saturated rings. The summed E-state index contributed by atoms with van der Waals surface area (Å²) in [6.45, 7) is 5.10. The van der Waals surface area contributed by atoms with E-state index in [0.29, 0.717) is 6.04 Å². The van der Waals surface area contributed by atoms with E-state index in [1.165, 1.54) is 5.56 Å². The highest BCUT2D eigenvalue weighted by molar-refractivity contribution is 6.03. The smallest absolute Gasteiger partial charge is 0.170 e. The minimum atomic E-state index is 0.121. The van der Waals surface area contributed by atoms with Crippen molar-refractivity contribution in [2.24, 2.45) is 10.9 Å². The molecule has 0 aliphatic heterocycles. The number of amidine groups is 1. The maximum absolute atomic E-state index is 8.88. The Morgan fingerprint density at radius 1 is 1.14 bits per heavy atom. The zero-order valence-electron chi connectivity index (χ0n) is 12.4. The molecule has 0 heterocycles. The molecule has 0 saturated heterocycles. The summed E-state index contributed by atoms with van der Waals surface area (Å²) in [4.78, 5) is 0. The summed E-state index contributed by atoms with van der Waals surface area (Å²) >= 11 is 0. The average molecular weight is 283 g/mol. The SMILES string of the molecule is CC(C)NCc1ccc(-c2ccccc2C(N)=NO)cc1. The molecule has 0 spiro atoms. The molecule has 21 heavy (non-hydrogen) atoms. The second-order valence-electron chi connectivity index (χ2n) is 5.26. The van der Waals surface area contributed by atoms with Gasteiger partial charge in [0.1, 0.15) is 0 Å². The van der Waals surface area contributed by atoms with E-state index in [0.717, 1.165) is 23.2 Å². The molecule has 0 amide bonds. The van der Waals surface area contributed by atoms with Crippen LogP contribution in [0.4, 0.5) is 0 Å². The van der Waals surface area contributed by atoms with Crippen molar-refractivity contribution in [3.05, 3.63) is 59.7 Å². The Kier molecular flexibility index (Phi) is 4.95. The fourth-order valence-corrected chi connectivity index (χ4v) is 2.14. The molecule has 0 aliphatic rings. The highest BCUT2D eigenvalue weighted by Gasteiger charge is 2.08. The van der Waals surface area contributed by atoms with Crippen LogP contribution in [0.2, 0.25) is 0 Å². The number of oxime groups is 1. The van der Waals surface area contributed by atoms with Crippen LogP contribution in [0.5, 0.6) is 0 Å². The van der Waals surface area contributed by atoms with Gasteiger partial charge in [0.25, 0.3) is 0 Å². The first kappa shape index (κ1) is 15.1. The summed E-state index contributed by atoms with van der Waals surface area (Å²) in [6, 6.07) is 16.4. The lowest BCUT2D eigenvalue weighted by Gasteiger charge is -2.11. The van der Waals surface area contributed by atoms with Crippen molar-refractivity contribution in [1.82, 2.24) is 5.32 Å². The van der Waals surface area contributed by atoms with E-state index in [-0.39, 0.29) is 5.84 Å². The molecular weight excluding hydrogens is 262 g/mol. The molecule has 2 aromatic carbocycles. The molecule has 4 N–H and O–H groups in total. The van der Waals surface area contributed by atoms with Gasteiger partial charge in [-0.2, -0.15) is 0 Å². The van der Waals surface area contributed by atoms with Gasteiger partial charge in [0, 0.05) is 18.2 Å². The van der Waals surface area contributed by atoms with Gasteiger partial charge in [-0.1, -0.05) is 67.5 Å². The molecule has 0 bridgehead atoms. The lowest BCUT2D eigenvalue weighted by molar-refractivity contribution is 0.318. The van der Waals surface area contributed by atoms with Gasteiger partial charge in [-0.3, -0.25) is 0 Å². The molecule has 0 saturated carbocycles. The summed E-state index contributed by atoms with van der Waals surface area (Å²) in [5.41, 5.74) is 9.69. The lowest BCUT2D eigenvalue weighted by atomic mass is 9.98. The minimum Gasteiger partial charge on any atom is -0.409 e. The molecule has 0 unspecified atom stereocenters. The number of rotatable bonds is 5. The quantitative estimate of drug-likeness (QED) is 0.342. The van der Waals surface area contributed by atoms with E-state index >= 15 is 0 Å². The molecule has 4 heteroatoms. The number of nitrogens with one attached hydrogen (secondary N) is 1. The predicted octanol–water partition coefficient (Wildman–Crippen LogP) is 2.95. The fraction of sp³-hybridized carbons (Fsp3) is 0.235. The molecule has 2 aromatic rings. The van der Waals surface area contributed by atoms with Crippen LogP contribution in [0.3, 0.4) is 0 Å². The van der Waals surface area contributed by atoms with E-state index in [9.17, 15) is 0 Å². The number of hydrogen-bond donors (Lipinski definition) is 3. The van der Waals surface area contributed by atoms with Crippen LogP contribution in [0, 0.1) is 0 Å². The summed E-state index contributed by atoms with van der Waals surface area (Å²) in [7, 11) is 0. The van der Waals surface area contributed by atoms with Crippen LogP contribution in [0.15, 0.2) is 53.7 Å². The maximum atomic E-state index is 8.88. The largest absolute Gasteiger partial charge is 0.409 e. The van der Waals surface area contributed by atoms with E-state index in [1.807, 2.05) is 24.3 Å². The van der Waals surface area contributed by atoms with Crippen molar-refractivity contribution in [3.8, 4) is 11.1 Å². The van der Waals surface area contributed by atoms with Crippen molar-refractivity contribution in [3.63, 3.8) is 0 Å². The number of benzene rings is 2. The van der Waals surface area contributed by atoms with E-state index in [2.05, 4.69) is 48.6 Å². The van der Waals surface area contributed by atoms with E-state index in [4.69, 9.17) is 10.9 Å². The van der Waals surface area contributed by atoms with Crippen molar-refractivity contribution in [2.45, 2.75) is 26.4 Å². The highest BCUT2D eigenvalue weighted by atomic mass is 16.4. The Morgan fingerprint density at radius 2 is 1.81 bits per heavy atom. The Hall–Kier alpha value is -2.33. The Bertz CT molecular complexity index is 618. The number of hydrogen-bond acceptors (Lipinski definition) is 3. The van der Waals surface area contributed by atoms with Crippen molar-refractivity contribution in [1.29, 1.82) is 0 Å². The van der Waals surface area contributed by atoms with Gasteiger partial charge in [-0.25, -0.2) is 0 Å². The zero-order valence-corrected chi connectivity index (χ0v) is 12.4. The van der Waals surface area contributed by atoms with Crippen LogP contribution >= 0.6 is 0 Å². The third kappa shape index (κ3) is 3.83. The molecule has 0 atom stereocenters. The predicted molar refractivity (Wildman–Crippen MR) is 86.4 cm³/mol. The van der Waals surface area contributed by atoms with Crippen molar-refractivity contribution >= 4 is 5.84 Å². The van der Waals surface area contributed by atoms with Crippen LogP contribution < -0.4 is 11.1 Å². The van der Waals surface area contributed by atoms with Crippen LogP contribution in [-0.2, 0) is 6.54 Å². The molecular formula is C17H21N3O. The highest BCUT2D eigenvalue weighted by Crippen LogP contribution is 2.24. The fourth-order valence-electron chi connectivity index (χ4n) is 2.14. The van der Waals surface area contributed by atoms with E-state index < -0.39 is 0 Å². The van der Waals surface area contributed by atoms with Gasteiger partial charge in [0.05, 0.1) is 0 Å². The molecule has 0 aliphatic carbocycles. The standard InChI is InChI=1S/C17H21N3O/c1-12(2)19-11-13-7-9-14(10-8-13)15-5-3-4-6-16(15)17(18)20-21/h3-10,12,19,21H,11H2,1-2H3,(H2,18,20). The van der Waals surface area contributed by atoms with Gasteiger partial charge in [-0.05, 0) is 16.7 Å². The number of nitrogens with two attached hydrogens (primary N) is 1. The minimum absolute atomic E-state index is 0.121. The Morgan fingerprint density at radius 3 is 2.43 bits per heavy atom. The monoisotopic (exact) mass is 283 g/mol. The van der Waals surface area contributed by atoms with Crippen molar-refractivity contribution < 1.29 is 5.21 Å². The van der Waals surface area contributed by atoms with Gasteiger partial charge < -0.3 is 16.3 Å². The molecule has 0 radical (unpaired) electrons. The third-order valence-electron chi connectivity index (χ3n) is 3.29. The van der Waals surface area contributed by atoms with Gasteiger partial charge >= 0.3 is 0 Å². The van der Waals surface area contributed by atoms with Gasteiger partial charge in [0.2, 0.25) is 0 Å². The first-order valence-corrected chi connectivity index (χ1v) is 7.01. The molecule has 4 nitrogen and oxygen atoms in total. The zero-order chi connectivity index (χ0) is 15.2. The van der Waals surface area contributed by atoms with Gasteiger partial charge in [0.15, 0.2) is 5.84 Å². The normalized spacial score (nSPS) is 11.9.